The molecule has 2 unspecified atom stereocenters. The molecule has 1 fully saturated rings. The lowest BCUT2D eigenvalue weighted by atomic mass is 10.1. The normalized spacial score (nSPS) is 24.9. The third-order valence-corrected chi connectivity index (χ3v) is 3.28. The summed E-state index contributed by atoms with van der Waals surface area (Å²) in [6.07, 6.45) is 2.50. The van der Waals surface area contributed by atoms with E-state index in [9.17, 15) is 9.50 Å². The molecule has 16 heavy (non-hydrogen) atoms. The lowest BCUT2D eigenvalue weighted by Gasteiger charge is -2.16. The molecule has 0 radical (unpaired) electrons. The van der Waals surface area contributed by atoms with Crippen molar-refractivity contribution in [1.82, 2.24) is 5.32 Å². The number of rotatable bonds is 3. The van der Waals surface area contributed by atoms with Crippen LogP contribution in [0, 0.1) is 5.82 Å². The first-order chi connectivity index (χ1) is 7.66. The molecule has 2 nitrogen and oxygen atoms in total. The Bertz CT molecular complexity index is 372. The highest BCUT2D eigenvalue weighted by molar-refractivity contribution is 6.30. The molecule has 1 aliphatic rings. The summed E-state index contributed by atoms with van der Waals surface area (Å²) in [6.45, 7) is 0.411. The van der Waals surface area contributed by atoms with E-state index in [1.807, 2.05) is 0 Å². The second-order valence-corrected chi connectivity index (χ2v) is 4.66. The zero-order valence-corrected chi connectivity index (χ0v) is 9.67. The van der Waals surface area contributed by atoms with Gasteiger partial charge in [0.1, 0.15) is 5.82 Å². The first-order valence-electron chi connectivity index (χ1n) is 5.52. The van der Waals surface area contributed by atoms with Crippen molar-refractivity contribution in [1.29, 1.82) is 0 Å². The van der Waals surface area contributed by atoms with Gasteiger partial charge in [-0.15, -0.1) is 0 Å². The van der Waals surface area contributed by atoms with Gasteiger partial charge in [-0.3, -0.25) is 0 Å². The second-order valence-electron chi connectivity index (χ2n) is 4.22. The highest BCUT2D eigenvalue weighted by Crippen LogP contribution is 2.20. The van der Waals surface area contributed by atoms with Gasteiger partial charge < -0.3 is 10.4 Å². The molecule has 2 atom stereocenters. The van der Waals surface area contributed by atoms with Crippen LogP contribution < -0.4 is 5.32 Å². The SMILES string of the molecule is OC1CCCC1NCc1cc(Cl)ccc1F. The summed E-state index contributed by atoms with van der Waals surface area (Å²) in [5, 5.41) is 13.3. The van der Waals surface area contributed by atoms with Crippen LogP contribution in [0.15, 0.2) is 18.2 Å². The minimum absolute atomic E-state index is 0.0818. The van der Waals surface area contributed by atoms with Crippen molar-refractivity contribution >= 4 is 11.6 Å². The van der Waals surface area contributed by atoms with Crippen molar-refractivity contribution in [3.8, 4) is 0 Å². The summed E-state index contributed by atoms with van der Waals surface area (Å²) in [5.41, 5.74) is 0.548. The third kappa shape index (κ3) is 2.73. The fourth-order valence-corrected chi connectivity index (χ4v) is 2.29. The maximum atomic E-state index is 13.4. The van der Waals surface area contributed by atoms with E-state index in [1.54, 1.807) is 6.07 Å². The molecular formula is C12H15ClFNO. The topological polar surface area (TPSA) is 32.3 Å². The van der Waals surface area contributed by atoms with Crippen molar-refractivity contribution in [2.24, 2.45) is 0 Å². The number of aliphatic hydroxyl groups excluding tert-OH is 1. The second kappa shape index (κ2) is 5.13. The number of hydrogen-bond donors (Lipinski definition) is 2. The Morgan fingerprint density at radius 1 is 1.44 bits per heavy atom. The highest BCUT2D eigenvalue weighted by Gasteiger charge is 2.24. The van der Waals surface area contributed by atoms with Gasteiger partial charge >= 0.3 is 0 Å². The van der Waals surface area contributed by atoms with Crippen LogP contribution in [0.4, 0.5) is 4.39 Å². The van der Waals surface area contributed by atoms with Gasteiger partial charge in [0.15, 0.2) is 0 Å². The molecule has 1 aromatic rings. The number of nitrogens with one attached hydrogen (secondary N) is 1. The van der Waals surface area contributed by atoms with E-state index in [2.05, 4.69) is 5.32 Å². The van der Waals surface area contributed by atoms with E-state index in [4.69, 9.17) is 11.6 Å². The number of halogens is 2. The summed E-state index contributed by atoms with van der Waals surface area (Å²) in [5.74, 6) is -0.260. The molecule has 0 spiro atoms. The minimum Gasteiger partial charge on any atom is -0.392 e. The Labute approximate surface area is 99.4 Å². The van der Waals surface area contributed by atoms with Gasteiger partial charge in [-0.1, -0.05) is 11.6 Å². The summed E-state index contributed by atoms with van der Waals surface area (Å²) in [7, 11) is 0. The quantitative estimate of drug-likeness (QED) is 0.855. The van der Waals surface area contributed by atoms with Crippen LogP contribution in [0.3, 0.4) is 0 Å². The van der Waals surface area contributed by atoms with Gasteiger partial charge in [0.25, 0.3) is 0 Å². The average Bonchev–Trinajstić information content (AvgIpc) is 2.66. The van der Waals surface area contributed by atoms with E-state index in [1.165, 1.54) is 12.1 Å². The molecule has 4 heteroatoms. The van der Waals surface area contributed by atoms with Crippen LogP contribution in [-0.2, 0) is 6.54 Å². The highest BCUT2D eigenvalue weighted by atomic mass is 35.5. The van der Waals surface area contributed by atoms with Gasteiger partial charge in [0.2, 0.25) is 0 Å². The van der Waals surface area contributed by atoms with Crippen molar-refractivity contribution in [2.75, 3.05) is 0 Å². The van der Waals surface area contributed by atoms with Crippen molar-refractivity contribution < 1.29 is 9.50 Å². The van der Waals surface area contributed by atoms with Crippen molar-refractivity contribution in [3.63, 3.8) is 0 Å². The third-order valence-electron chi connectivity index (χ3n) is 3.04. The first kappa shape index (κ1) is 11.8. The number of benzene rings is 1. The smallest absolute Gasteiger partial charge is 0.127 e. The molecule has 1 saturated carbocycles. The van der Waals surface area contributed by atoms with Crippen LogP contribution in [0.25, 0.3) is 0 Å². The molecule has 0 saturated heterocycles. The Morgan fingerprint density at radius 2 is 2.25 bits per heavy atom. The zero-order chi connectivity index (χ0) is 11.5. The van der Waals surface area contributed by atoms with Crippen LogP contribution in [-0.4, -0.2) is 17.3 Å². The fraction of sp³-hybridized carbons (Fsp3) is 0.500. The van der Waals surface area contributed by atoms with E-state index in [0.717, 1.165) is 19.3 Å². The molecular weight excluding hydrogens is 229 g/mol. The number of aliphatic hydroxyl groups is 1. The maximum Gasteiger partial charge on any atom is 0.127 e. The average molecular weight is 244 g/mol. The molecule has 0 aliphatic heterocycles. The molecule has 1 aliphatic carbocycles. The summed E-state index contributed by atoms with van der Waals surface area (Å²) < 4.78 is 13.4. The molecule has 0 amide bonds. The Kier molecular flexibility index (Phi) is 3.79. The summed E-state index contributed by atoms with van der Waals surface area (Å²) >= 11 is 5.80. The van der Waals surface area contributed by atoms with E-state index in [-0.39, 0.29) is 18.0 Å². The molecule has 2 rings (SSSR count). The molecule has 0 bridgehead atoms. The molecule has 2 N–H and O–H groups in total. The fourth-order valence-electron chi connectivity index (χ4n) is 2.10. The predicted octanol–water partition coefficient (Wildman–Crippen LogP) is 2.48. The molecule has 0 aromatic heterocycles. The molecule has 88 valence electrons. The van der Waals surface area contributed by atoms with Crippen LogP contribution >= 0.6 is 11.6 Å². The Balaban J connectivity index is 1.96. The minimum atomic E-state index is -0.303. The lowest BCUT2D eigenvalue weighted by Crippen LogP contribution is -2.35. The largest absolute Gasteiger partial charge is 0.392 e. The van der Waals surface area contributed by atoms with Gasteiger partial charge in [-0.25, -0.2) is 4.39 Å². The van der Waals surface area contributed by atoms with Crippen LogP contribution in [0.2, 0.25) is 5.02 Å². The van der Waals surface area contributed by atoms with Crippen LogP contribution in [0.1, 0.15) is 24.8 Å². The number of hydrogen-bond acceptors (Lipinski definition) is 2. The van der Waals surface area contributed by atoms with E-state index < -0.39 is 0 Å². The summed E-state index contributed by atoms with van der Waals surface area (Å²) in [6, 6.07) is 4.60. The van der Waals surface area contributed by atoms with Gasteiger partial charge in [-0.05, 0) is 37.5 Å². The summed E-state index contributed by atoms with van der Waals surface area (Å²) in [4.78, 5) is 0. The zero-order valence-electron chi connectivity index (χ0n) is 8.92. The van der Waals surface area contributed by atoms with Crippen molar-refractivity contribution in [3.05, 3.63) is 34.6 Å². The van der Waals surface area contributed by atoms with Gasteiger partial charge in [0, 0.05) is 23.2 Å². The van der Waals surface area contributed by atoms with Crippen LogP contribution in [0.5, 0.6) is 0 Å². The monoisotopic (exact) mass is 243 g/mol. The van der Waals surface area contributed by atoms with Crippen molar-refractivity contribution in [2.45, 2.75) is 38.0 Å². The van der Waals surface area contributed by atoms with Gasteiger partial charge in [-0.2, -0.15) is 0 Å². The Morgan fingerprint density at radius 3 is 2.94 bits per heavy atom. The van der Waals surface area contributed by atoms with E-state index >= 15 is 0 Å². The lowest BCUT2D eigenvalue weighted by molar-refractivity contribution is 0.148. The standard InChI is InChI=1S/C12H15ClFNO/c13-9-4-5-10(14)8(6-9)7-15-11-2-1-3-12(11)16/h4-6,11-12,15-16H,1-3,7H2. The Hall–Kier alpha value is -0.640. The van der Waals surface area contributed by atoms with Gasteiger partial charge in [0.05, 0.1) is 6.10 Å². The molecule has 1 aromatic carbocycles. The predicted molar refractivity (Wildman–Crippen MR) is 61.9 cm³/mol. The molecule has 0 heterocycles. The first-order valence-corrected chi connectivity index (χ1v) is 5.90. The van der Waals surface area contributed by atoms with E-state index in [0.29, 0.717) is 17.1 Å². The maximum absolute atomic E-state index is 13.4.